The maximum absolute atomic E-state index is 16.0. The first-order chi connectivity index (χ1) is 16.1. The minimum atomic E-state index is -0.609. The molecule has 0 spiro atoms. The van der Waals surface area contributed by atoms with Crippen molar-refractivity contribution < 1.29 is 23.8 Å². The normalized spacial score (nSPS) is 18.1. The fourth-order valence-corrected chi connectivity index (χ4v) is 4.61. The van der Waals surface area contributed by atoms with Gasteiger partial charge in [-0.05, 0) is 45.9 Å². The first-order valence-electron chi connectivity index (χ1n) is 11.2. The second kappa shape index (κ2) is 9.36. The van der Waals surface area contributed by atoms with E-state index in [1.165, 1.54) is 6.07 Å². The number of benzene rings is 2. The lowest BCUT2D eigenvalue weighted by atomic mass is 9.95. The van der Waals surface area contributed by atoms with E-state index in [4.69, 9.17) is 21.1 Å². The molecule has 1 atom stereocenters. The average Bonchev–Trinajstić information content (AvgIpc) is 2.93. The van der Waals surface area contributed by atoms with Crippen LogP contribution in [0.4, 0.5) is 9.18 Å². The number of phenolic OH excluding ortho intramolecular Hbond substituents is 1. The van der Waals surface area contributed by atoms with Gasteiger partial charge in [0.2, 0.25) is 0 Å². The summed E-state index contributed by atoms with van der Waals surface area (Å²) < 4.78 is 27.5. The van der Waals surface area contributed by atoms with E-state index >= 15 is 4.39 Å². The Hall–Kier alpha value is -2.95. The minimum absolute atomic E-state index is 0.117. The Morgan fingerprint density at radius 3 is 2.74 bits per heavy atom. The third-order valence-corrected chi connectivity index (χ3v) is 6.16. The van der Waals surface area contributed by atoms with Gasteiger partial charge in [-0.3, -0.25) is 4.90 Å². The van der Waals surface area contributed by atoms with E-state index in [1.54, 1.807) is 30.0 Å². The summed E-state index contributed by atoms with van der Waals surface area (Å²) in [6.07, 6.45) is -0.364. The Morgan fingerprint density at radius 1 is 1.29 bits per heavy atom. The van der Waals surface area contributed by atoms with Gasteiger partial charge in [0, 0.05) is 48.4 Å². The smallest absolute Gasteiger partial charge is 0.410 e. The van der Waals surface area contributed by atoms with E-state index in [0.717, 1.165) is 0 Å². The quantitative estimate of drug-likeness (QED) is 0.572. The highest BCUT2D eigenvalue weighted by Crippen LogP contribution is 2.43. The van der Waals surface area contributed by atoms with Crippen LogP contribution in [0, 0.1) is 17.7 Å². The largest absolute Gasteiger partial charge is 0.507 e. The Labute approximate surface area is 204 Å². The third-order valence-electron chi connectivity index (χ3n) is 5.85. The molecule has 1 fully saturated rings. The summed E-state index contributed by atoms with van der Waals surface area (Å²) in [6, 6.07) is 6.33. The number of hydrogen-bond acceptors (Lipinski definition) is 5. The summed E-state index contributed by atoms with van der Waals surface area (Å²) in [5, 5.41) is 10.7. The molecule has 180 valence electrons. The Morgan fingerprint density at radius 2 is 2.06 bits per heavy atom. The van der Waals surface area contributed by atoms with Crippen LogP contribution in [0.2, 0.25) is 5.02 Å². The standard InChI is InChI=1S/C26H28ClFN2O4/c1-5-7-16-12-17-13-29-10-11-30(25(32)34-26(2,3)4)14-18(29)15-33-24(17)23(28)21(16)22-19(27)8-6-9-20(22)31/h6,8-9,12,18,31H,10-11,13-15H2,1-4H3/t18-/m1/s1. The van der Waals surface area contributed by atoms with Crippen LogP contribution in [-0.4, -0.2) is 58.9 Å². The van der Waals surface area contributed by atoms with E-state index in [-0.39, 0.29) is 46.4 Å². The lowest BCUT2D eigenvalue weighted by Crippen LogP contribution is -2.56. The molecule has 0 bridgehead atoms. The number of phenols is 1. The van der Waals surface area contributed by atoms with E-state index in [1.807, 2.05) is 20.8 Å². The van der Waals surface area contributed by atoms with Gasteiger partial charge in [0.1, 0.15) is 18.0 Å². The van der Waals surface area contributed by atoms with Crippen molar-refractivity contribution in [3.63, 3.8) is 0 Å². The van der Waals surface area contributed by atoms with Gasteiger partial charge in [-0.25, -0.2) is 9.18 Å². The number of hydrogen-bond donors (Lipinski definition) is 1. The van der Waals surface area contributed by atoms with Crippen LogP contribution >= 0.6 is 11.6 Å². The number of amides is 1. The molecule has 6 nitrogen and oxygen atoms in total. The average molecular weight is 487 g/mol. The Balaban J connectivity index is 1.68. The minimum Gasteiger partial charge on any atom is -0.507 e. The van der Waals surface area contributed by atoms with Crippen molar-refractivity contribution in [1.82, 2.24) is 9.80 Å². The third kappa shape index (κ3) is 4.79. The Bertz CT molecular complexity index is 1160. The first kappa shape index (κ1) is 24.2. The van der Waals surface area contributed by atoms with Gasteiger partial charge in [0.05, 0.1) is 11.1 Å². The topological polar surface area (TPSA) is 62.2 Å². The van der Waals surface area contributed by atoms with E-state index in [2.05, 4.69) is 16.7 Å². The summed E-state index contributed by atoms with van der Waals surface area (Å²) in [7, 11) is 0. The van der Waals surface area contributed by atoms with Crippen molar-refractivity contribution in [1.29, 1.82) is 0 Å². The zero-order valence-electron chi connectivity index (χ0n) is 19.7. The van der Waals surface area contributed by atoms with E-state index in [9.17, 15) is 9.90 Å². The SMILES string of the molecule is CC#Cc1cc2c(c(F)c1-c1c(O)cccc1Cl)OC[C@H]1CN(C(=O)OC(C)(C)C)CCN1C2. The number of piperazine rings is 1. The number of halogens is 2. The molecule has 4 rings (SSSR count). The van der Waals surface area contributed by atoms with Crippen LogP contribution in [0.3, 0.4) is 0 Å². The number of aromatic hydroxyl groups is 1. The zero-order valence-corrected chi connectivity index (χ0v) is 20.5. The molecule has 2 aromatic rings. The molecule has 1 amide bonds. The molecule has 2 aliphatic rings. The molecular weight excluding hydrogens is 459 g/mol. The van der Waals surface area contributed by atoms with Gasteiger partial charge in [0.25, 0.3) is 0 Å². The van der Waals surface area contributed by atoms with Crippen molar-refractivity contribution in [2.45, 2.75) is 45.9 Å². The summed E-state index contributed by atoms with van der Waals surface area (Å²) in [4.78, 5) is 16.4. The van der Waals surface area contributed by atoms with Crippen LogP contribution in [0.1, 0.15) is 38.8 Å². The van der Waals surface area contributed by atoms with Crippen molar-refractivity contribution in [3.05, 3.63) is 46.2 Å². The highest BCUT2D eigenvalue weighted by Gasteiger charge is 2.36. The van der Waals surface area contributed by atoms with E-state index in [0.29, 0.717) is 37.3 Å². The van der Waals surface area contributed by atoms with Crippen LogP contribution in [0.15, 0.2) is 24.3 Å². The van der Waals surface area contributed by atoms with E-state index < -0.39 is 11.4 Å². The van der Waals surface area contributed by atoms with Gasteiger partial charge in [-0.15, -0.1) is 5.92 Å². The highest BCUT2D eigenvalue weighted by atomic mass is 35.5. The fraction of sp³-hybridized carbons (Fsp3) is 0.423. The molecule has 1 saturated heterocycles. The molecule has 2 aromatic carbocycles. The summed E-state index contributed by atoms with van der Waals surface area (Å²) in [6.45, 7) is 9.36. The van der Waals surface area contributed by atoms with Crippen molar-refractivity contribution in [2.75, 3.05) is 26.2 Å². The predicted molar refractivity (Wildman–Crippen MR) is 129 cm³/mol. The maximum Gasteiger partial charge on any atom is 0.410 e. The van der Waals surface area contributed by atoms with Gasteiger partial charge < -0.3 is 19.5 Å². The molecule has 2 heterocycles. The molecule has 0 aromatic heterocycles. The monoisotopic (exact) mass is 486 g/mol. The molecule has 0 radical (unpaired) electrons. The predicted octanol–water partition coefficient (Wildman–Crippen LogP) is 5.04. The van der Waals surface area contributed by atoms with Crippen LogP contribution in [-0.2, 0) is 11.3 Å². The Kier molecular flexibility index (Phi) is 6.66. The van der Waals surface area contributed by atoms with Crippen LogP contribution < -0.4 is 4.74 Å². The maximum atomic E-state index is 16.0. The number of nitrogens with zero attached hydrogens (tertiary/aromatic N) is 2. The molecular formula is C26H28ClFN2O4. The number of carbonyl (C=O) groups is 1. The molecule has 2 aliphatic heterocycles. The molecule has 1 N–H and O–H groups in total. The lowest BCUT2D eigenvalue weighted by molar-refractivity contribution is -0.00164. The van der Waals surface area contributed by atoms with Gasteiger partial charge in [-0.2, -0.15) is 0 Å². The van der Waals surface area contributed by atoms with Crippen LogP contribution in [0.25, 0.3) is 11.1 Å². The molecule has 34 heavy (non-hydrogen) atoms. The lowest BCUT2D eigenvalue weighted by Gasteiger charge is -2.40. The second-order valence-corrected chi connectivity index (χ2v) is 9.88. The number of carbonyl (C=O) groups excluding carboxylic acids is 1. The number of ether oxygens (including phenoxy) is 2. The fourth-order valence-electron chi connectivity index (χ4n) is 4.35. The van der Waals surface area contributed by atoms with Crippen molar-refractivity contribution >= 4 is 17.7 Å². The molecule has 0 unspecified atom stereocenters. The van der Waals surface area contributed by atoms with Crippen molar-refractivity contribution in [3.8, 4) is 34.5 Å². The molecule has 8 heteroatoms. The van der Waals surface area contributed by atoms with Crippen molar-refractivity contribution in [2.24, 2.45) is 0 Å². The van der Waals surface area contributed by atoms with Crippen LogP contribution in [0.5, 0.6) is 11.5 Å². The number of fused-ring (bicyclic) bond motifs is 2. The van der Waals surface area contributed by atoms with Gasteiger partial charge in [0.15, 0.2) is 11.6 Å². The molecule has 0 aliphatic carbocycles. The zero-order chi connectivity index (χ0) is 24.6. The summed E-state index contributed by atoms with van der Waals surface area (Å²) in [5.41, 5.74) is 0.816. The highest BCUT2D eigenvalue weighted by molar-refractivity contribution is 6.33. The number of rotatable bonds is 1. The summed E-state index contributed by atoms with van der Waals surface area (Å²) in [5.74, 6) is 5.15. The van der Waals surface area contributed by atoms with Gasteiger partial charge in [-0.1, -0.05) is 23.6 Å². The summed E-state index contributed by atoms with van der Waals surface area (Å²) >= 11 is 6.34. The van der Waals surface area contributed by atoms with Gasteiger partial charge >= 0.3 is 6.09 Å². The second-order valence-electron chi connectivity index (χ2n) is 9.47. The molecule has 0 saturated carbocycles. The first-order valence-corrected chi connectivity index (χ1v) is 11.6.